The third-order valence-electron chi connectivity index (χ3n) is 8.28. The minimum Gasteiger partial charge on any atom is -0.489 e. The first-order chi connectivity index (χ1) is 22.8. The maximum Gasteiger partial charge on any atom is 0.228 e. The average Bonchev–Trinajstić information content (AvgIpc) is 3.63. The van der Waals surface area contributed by atoms with Crippen molar-refractivity contribution in [3.05, 3.63) is 100.0 Å². The second-order valence-electron chi connectivity index (χ2n) is 11.5. The van der Waals surface area contributed by atoms with Crippen molar-refractivity contribution in [3.63, 3.8) is 0 Å². The molecule has 2 amide bonds. The maximum atomic E-state index is 14.0. The van der Waals surface area contributed by atoms with Crippen LogP contribution in [0.5, 0.6) is 5.75 Å². The summed E-state index contributed by atoms with van der Waals surface area (Å²) in [6.07, 6.45) is 8.41. The Morgan fingerprint density at radius 2 is 1.77 bits per heavy atom. The Kier molecular flexibility index (Phi) is 14.8. The Morgan fingerprint density at radius 3 is 2.43 bits per heavy atom. The summed E-state index contributed by atoms with van der Waals surface area (Å²) in [7, 11) is 3.85. The van der Waals surface area contributed by atoms with Crippen molar-refractivity contribution in [3.8, 4) is 17.1 Å². The topological polar surface area (TPSA) is 79.7 Å². The molecule has 0 atom stereocenters. The fourth-order valence-corrected chi connectivity index (χ4v) is 5.50. The van der Waals surface area contributed by atoms with E-state index in [0.717, 1.165) is 42.4 Å². The monoisotopic (exact) mass is 885 g/mol. The molecule has 1 saturated carbocycles. The van der Waals surface area contributed by atoms with Crippen LogP contribution in [0.1, 0.15) is 54.4 Å². The van der Waals surface area contributed by atoms with Gasteiger partial charge in [-0.1, -0.05) is 67.6 Å². The van der Waals surface area contributed by atoms with Crippen LogP contribution >= 0.6 is 48.8 Å². The number of fused-ring (bicyclic) bond motifs is 1. The lowest BCUT2D eigenvalue weighted by molar-refractivity contribution is -0.125. The molecule has 1 N–H and O–H groups in total. The molecule has 2 aliphatic rings. The van der Waals surface area contributed by atoms with Gasteiger partial charge in [-0.2, -0.15) is 0 Å². The number of rotatable bonds is 11. The Labute approximate surface area is 304 Å². The number of aromatic nitrogens is 2. The summed E-state index contributed by atoms with van der Waals surface area (Å²) in [5.41, 5.74) is 5.10. The molecule has 0 unspecified atom stereocenters. The Bertz CT molecular complexity index is 1610. The summed E-state index contributed by atoms with van der Waals surface area (Å²) in [6, 6.07) is 18.9. The molecule has 0 radical (unpaired) electrons. The number of imide groups is 1. The number of imidazole rings is 1. The summed E-state index contributed by atoms with van der Waals surface area (Å²) >= 11 is 10.3. The van der Waals surface area contributed by atoms with E-state index in [2.05, 4.69) is 70.6 Å². The SMILES string of the molecule is C1CCC1.CN(CCC(=O)NC=O)c1cnc(-c2ccc3c(c2)CN(Cc2ccc(OCc4c(F)cccc4Cl)cc2)C3)n1C.II. The number of hydrogen-bond acceptors (Lipinski definition) is 6. The van der Waals surface area contributed by atoms with Gasteiger partial charge >= 0.3 is 0 Å². The van der Waals surface area contributed by atoms with Crippen molar-refractivity contribution >= 4 is 67.0 Å². The molecule has 0 bridgehead atoms. The molecule has 250 valence electrons. The van der Waals surface area contributed by atoms with Crippen LogP contribution in [-0.4, -0.2) is 40.4 Å². The van der Waals surface area contributed by atoms with Gasteiger partial charge in [-0.15, -0.1) is 0 Å². The molecule has 0 spiro atoms. The van der Waals surface area contributed by atoms with Crippen molar-refractivity contribution < 1.29 is 18.7 Å². The number of carbonyl (C=O) groups is 2. The van der Waals surface area contributed by atoms with Gasteiger partial charge in [0, 0.05) is 95.1 Å². The minimum atomic E-state index is -0.376. The predicted molar refractivity (Wildman–Crippen MR) is 202 cm³/mol. The van der Waals surface area contributed by atoms with Crippen LogP contribution in [0.3, 0.4) is 0 Å². The number of ether oxygens (including phenoxy) is 1. The molecule has 47 heavy (non-hydrogen) atoms. The molecule has 12 heteroatoms. The van der Waals surface area contributed by atoms with E-state index < -0.39 is 0 Å². The summed E-state index contributed by atoms with van der Waals surface area (Å²) in [5.74, 6) is 1.70. The summed E-state index contributed by atoms with van der Waals surface area (Å²) in [5, 5.41) is 2.52. The zero-order valence-electron chi connectivity index (χ0n) is 26.5. The van der Waals surface area contributed by atoms with Gasteiger partial charge in [-0.05, 0) is 47.0 Å². The molecule has 1 fully saturated rings. The van der Waals surface area contributed by atoms with Crippen molar-refractivity contribution in [2.45, 2.75) is 58.3 Å². The smallest absolute Gasteiger partial charge is 0.228 e. The lowest BCUT2D eigenvalue weighted by atomic mass is 10.0. The van der Waals surface area contributed by atoms with Crippen LogP contribution in [0.2, 0.25) is 5.02 Å². The first-order valence-electron chi connectivity index (χ1n) is 15.4. The van der Waals surface area contributed by atoms with E-state index in [1.54, 1.807) is 18.3 Å². The molecule has 6 rings (SSSR count). The summed E-state index contributed by atoms with van der Waals surface area (Å²) in [4.78, 5) is 31.1. The molecule has 2 heterocycles. The van der Waals surface area contributed by atoms with Gasteiger partial charge in [-0.25, -0.2) is 9.37 Å². The number of carbonyl (C=O) groups excluding carboxylic acids is 2. The number of nitrogens with one attached hydrogen (secondary N) is 1. The van der Waals surface area contributed by atoms with Gasteiger partial charge in [0.05, 0.1) is 11.2 Å². The van der Waals surface area contributed by atoms with Crippen molar-refractivity contribution in [2.24, 2.45) is 7.05 Å². The van der Waals surface area contributed by atoms with Crippen LogP contribution < -0.4 is 15.0 Å². The van der Waals surface area contributed by atoms with Crippen LogP contribution in [0.25, 0.3) is 11.4 Å². The van der Waals surface area contributed by atoms with Gasteiger partial charge in [0.25, 0.3) is 0 Å². The van der Waals surface area contributed by atoms with Crippen LogP contribution in [0.15, 0.2) is 66.9 Å². The number of amides is 2. The van der Waals surface area contributed by atoms with Gasteiger partial charge < -0.3 is 14.2 Å². The lowest BCUT2D eigenvalue weighted by Gasteiger charge is -2.19. The highest BCUT2D eigenvalue weighted by molar-refractivity contribution is 15.0. The van der Waals surface area contributed by atoms with E-state index in [0.29, 0.717) is 29.3 Å². The standard InChI is InChI=1S/C31H31ClFN5O3.C4H8.I2/c1-36(13-12-29(40)35-20-39)30-15-34-31(37(30)2)22-8-9-23-17-38(18-24(23)14-22)16-21-6-10-25(11-7-21)41-19-26-27(32)4-3-5-28(26)33;1-2-4-3-1;1-2/h3-11,14-15,20H,12-13,16-19H2,1-2H3,(H,35,39,40);1-4H2;. The van der Waals surface area contributed by atoms with Gasteiger partial charge in [0.15, 0.2) is 0 Å². The largest absolute Gasteiger partial charge is 0.489 e. The zero-order chi connectivity index (χ0) is 33.8. The second-order valence-corrected chi connectivity index (χ2v) is 11.9. The molecule has 0 saturated heterocycles. The quantitative estimate of drug-likeness (QED) is 0.121. The van der Waals surface area contributed by atoms with E-state index in [9.17, 15) is 14.0 Å². The van der Waals surface area contributed by atoms with Crippen molar-refractivity contribution in [1.82, 2.24) is 19.8 Å². The number of anilines is 1. The molecule has 4 aromatic rings. The van der Waals surface area contributed by atoms with E-state index in [1.165, 1.54) is 42.9 Å². The zero-order valence-corrected chi connectivity index (χ0v) is 31.6. The van der Waals surface area contributed by atoms with Crippen LogP contribution in [0, 0.1) is 5.82 Å². The van der Waals surface area contributed by atoms with Crippen LogP contribution in [0.4, 0.5) is 10.2 Å². The van der Waals surface area contributed by atoms with Crippen LogP contribution in [-0.2, 0) is 42.9 Å². The lowest BCUT2D eigenvalue weighted by Crippen LogP contribution is -2.28. The number of halogens is 4. The Hall–Kier alpha value is -2.75. The molecule has 1 aromatic heterocycles. The average molecular weight is 886 g/mol. The number of nitrogens with zero attached hydrogens (tertiary/aromatic N) is 4. The first kappa shape index (κ1) is 37.1. The summed E-state index contributed by atoms with van der Waals surface area (Å²) in [6.45, 7) is 3.01. The van der Waals surface area contributed by atoms with Gasteiger partial charge in [0.1, 0.15) is 29.8 Å². The third kappa shape index (κ3) is 10.4. The molecular formula is C35H39ClFI2N5O3. The fraction of sp³-hybridized carbons (Fsp3) is 0.343. The number of hydrogen-bond donors (Lipinski definition) is 1. The highest BCUT2D eigenvalue weighted by atomic mass is 128. The van der Waals surface area contributed by atoms with E-state index >= 15 is 0 Å². The van der Waals surface area contributed by atoms with Gasteiger partial charge in [-0.3, -0.25) is 19.8 Å². The Morgan fingerprint density at radius 1 is 1.06 bits per heavy atom. The highest BCUT2D eigenvalue weighted by Gasteiger charge is 2.21. The Balaban J connectivity index is 0.000000762. The minimum absolute atomic E-state index is 0.0704. The second kappa shape index (κ2) is 18.7. The fourth-order valence-electron chi connectivity index (χ4n) is 5.29. The van der Waals surface area contributed by atoms with Crippen molar-refractivity contribution in [1.29, 1.82) is 0 Å². The van der Waals surface area contributed by atoms with E-state index in [-0.39, 0.29) is 24.8 Å². The van der Waals surface area contributed by atoms with E-state index in [1.807, 2.05) is 47.8 Å². The molecular weight excluding hydrogens is 847 g/mol. The van der Waals surface area contributed by atoms with E-state index in [4.69, 9.17) is 16.3 Å². The third-order valence-corrected chi connectivity index (χ3v) is 8.63. The molecule has 8 nitrogen and oxygen atoms in total. The first-order valence-corrected chi connectivity index (χ1v) is 22.1. The highest BCUT2D eigenvalue weighted by Crippen LogP contribution is 2.31. The predicted octanol–water partition coefficient (Wildman–Crippen LogP) is 8.41. The summed E-state index contributed by atoms with van der Waals surface area (Å²) < 4.78 is 21.8. The van der Waals surface area contributed by atoms with Gasteiger partial charge in [0.2, 0.25) is 12.3 Å². The van der Waals surface area contributed by atoms with Crippen molar-refractivity contribution in [2.75, 3.05) is 18.5 Å². The molecule has 1 aliphatic heterocycles. The number of benzene rings is 3. The maximum absolute atomic E-state index is 14.0. The molecule has 3 aromatic carbocycles. The normalized spacial score (nSPS) is 13.2. The molecule has 1 aliphatic carbocycles.